The van der Waals surface area contributed by atoms with E-state index in [9.17, 15) is 18.0 Å². The maximum atomic E-state index is 12.5. The van der Waals surface area contributed by atoms with E-state index < -0.39 is 27.8 Å². The highest BCUT2D eigenvalue weighted by Gasteiger charge is 2.30. The Morgan fingerprint density at radius 2 is 1.69 bits per heavy atom. The largest absolute Gasteiger partial charge is 0.478 e. The number of carbonyl (C=O) groups excluding carboxylic acids is 1. The van der Waals surface area contributed by atoms with E-state index in [4.69, 9.17) is 10.8 Å². The molecule has 2 atom stereocenters. The fraction of sp³-hybridized carbons (Fsp3) is 0.391. The molecule has 2 unspecified atom stereocenters. The summed E-state index contributed by atoms with van der Waals surface area (Å²) in [7, 11) is -3.47. The van der Waals surface area contributed by atoms with Gasteiger partial charge in [0.15, 0.2) is 0 Å². The van der Waals surface area contributed by atoms with Crippen molar-refractivity contribution in [3.8, 4) is 0 Å². The molecule has 1 aliphatic heterocycles. The number of aromatic carboxylic acids is 1. The maximum absolute atomic E-state index is 12.5. The normalized spacial score (nSPS) is 16.2. The molecule has 9 heteroatoms. The lowest BCUT2D eigenvalue weighted by Gasteiger charge is -2.33. The lowest BCUT2D eigenvalue weighted by Crippen LogP contribution is -2.32. The fourth-order valence-corrected chi connectivity index (χ4v) is 4.89. The first-order valence-corrected chi connectivity index (χ1v) is 12.4. The number of hydrogen-bond donors (Lipinski definition) is 3. The monoisotopic (exact) mass is 459 g/mol. The molecule has 1 saturated heterocycles. The number of rotatable bonds is 8. The number of carboxylic acid groups (broad SMARTS) is 1. The van der Waals surface area contributed by atoms with Crippen LogP contribution in [0.25, 0.3) is 0 Å². The number of benzene rings is 2. The highest BCUT2D eigenvalue weighted by atomic mass is 32.2. The van der Waals surface area contributed by atoms with Crippen molar-refractivity contribution in [2.75, 3.05) is 29.0 Å². The van der Waals surface area contributed by atoms with Gasteiger partial charge in [-0.25, -0.2) is 13.2 Å². The van der Waals surface area contributed by atoms with Gasteiger partial charge in [-0.15, -0.1) is 0 Å². The van der Waals surface area contributed by atoms with Gasteiger partial charge < -0.3 is 15.7 Å². The molecule has 1 fully saturated rings. The third-order valence-electron chi connectivity index (χ3n) is 5.84. The molecule has 2 aromatic carbocycles. The topological polar surface area (TPSA) is 130 Å². The predicted molar refractivity (Wildman–Crippen MR) is 125 cm³/mol. The predicted octanol–water partition coefficient (Wildman–Crippen LogP) is 3.12. The Labute approximate surface area is 188 Å². The molecule has 0 radical (unpaired) electrons. The molecule has 0 saturated carbocycles. The van der Waals surface area contributed by atoms with Gasteiger partial charge >= 0.3 is 5.97 Å². The average Bonchev–Trinajstić information content (AvgIpc) is 2.73. The van der Waals surface area contributed by atoms with Crippen LogP contribution in [-0.2, 0) is 14.8 Å². The highest BCUT2D eigenvalue weighted by molar-refractivity contribution is 7.92. The Morgan fingerprint density at radius 3 is 2.22 bits per heavy atom. The number of hydrogen-bond acceptors (Lipinski definition) is 5. The maximum Gasteiger partial charge on any atom is 0.335 e. The molecule has 0 aromatic heterocycles. The van der Waals surface area contributed by atoms with Crippen molar-refractivity contribution in [2.45, 2.75) is 38.0 Å². The first kappa shape index (κ1) is 23.6. The van der Waals surface area contributed by atoms with Crippen molar-refractivity contribution < 1.29 is 23.1 Å². The van der Waals surface area contributed by atoms with Crippen LogP contribution < -0.4 is 15.4 Å². The van der Waals surface area contributed by atoms with Gasteiger partial charge in [-0.3, -0.25) is 9.52 Å². The second-order valence-electron chi connectivity index (χ2n) is 8.29. The van der Waals surface area contributed by atoms with Gasteiger partial charge in [-0.1, -0.05) is 19.1 Å². The van der Waals surface area contributed by atoms with Gasteiger partial charge in [-0.2, -0.15) is 0 Å². The Kier molecular flexibility index (Phi) is 7.08. The molecule has 8 nitrogen and oxygen atoms in total. The number of sulfonamides is 1. The van der Waals surface area contributed by atoms with Crippen LogP contribution in [0.2, 0.25) is 0 Å². The Morgan fingerprint density at radius 1 is 1.06 bits per heavy atom. The third-order valence-corrected chi connectivity index (χ3v) is 6.45. The summed E-state index contributed by atoms with van der Waals surface area (Å²) in [6.07, 6.45) is 4.37. The lowest BCUT2D eigenvalue weighted by atomic mass is 9.80. The van der Waals surface area contributed by atoms with Crippen LogP contribution in [0.4, 0.5) is 11.4 Å². The van der Waals surface area contributed by atoms with Crippen molar-refractivity contribution in [3.63, 3.8) is 0 Å². The van der Waals surface area contributed by atoms with Gasteiger partial charge in [-0.05, 0) is 66.6 Å². The van der Waals surface area contributed by atoms with Crippen molar-refractivity contribution >= 4 is 33.3 Å². The van der Waals surface area contributed by atoms with E-state index in [2.05, 4.69) is 9.62 Å². The van der Waals surface area contributed by atoms with Crippen LogP contribution in [0, 0.1) is 0 Å². The van der Waals surface area contributed by atoms with Crippen molar-refractivity contribution in [1.82, 2.24) is 0 Å². The zero-order valence-electron chi connectivity index (χ0n) is 18.2. The second-order valence-corrected chi connectivity index (χ2v) is 10.0. The highest BCUT2D eigenvalue weighted by Crippen LogP contribution is 2.40. The summed E-state index contributed by atoms with van der Waals surface area (Å²) in [4.78, 5) is 26.0. The fourth-order valence-electron chi connectivity index (χ4n) is 4.33. The van der Waals surface area contributed by atoms with Crippen LogP contribution in [-0.4, -0.2) is 44.7 Å². The van der Waals surface area contributed by atoms with Crippen LogP contribution in [0.5, 0.6) is 0 Å². The number of carboxylic acids is 1. The summed E-state index contributed by atoms with van der Waals surface area (Å²) in [5.41, 5.74) is 8.70. The lowest BCUT2D eigenvalue weighted by molar-refractivity contribution is -0.119. The second kappa shape index (κ2) is 9.60. The molecule has 32 heavy (non-hydrogen) atoms. The quantitative estimate of drug-likeness (QED) is 0.556. The molecule has 172 valence electrons. The van der Waals surface area contributed by atoms with Gasteiger partial charge in [0.25, 0.3) is 0 Å². The van der Waals surface area contributed by atoms with Crippen LogP contribution in [0.15, 0.2) is 42.5 Å². The Hall–Kier alpha value is -3.07. The zero-order chi connectivity index (χ0) is 23.5. The summed E-state index contributed by atoms with van der Waals surface area (Å²) in [6.45, 7) is 3.65. The number of amides is 1. The standard InChI is InChI=1S/C23H29N3O5S/c1-15(21(22(24)27)16-6-8-17(9-7-16)23(28)29)19-14-18(25-32(2,30)31)10-11-20(19)26-12-4-3-5-13-26/h6-11,14-15,21,25H,3-5,12-13H2,1-2H3,(H2,24,27)(H,28,29). The third kappa shape index (κ3) is 5.59. The van der Waals surface area contributed by atoms with E-state index in [0.717, 1.165) is 49.9 Å². The van der Waals surface area contributed by atoms with Crippen LogP contribution in [0.1, 0.15) is 59.5 Å². The number of primary amides is 1. The molecular formula is C23H29N3O5S. The molecule has 1 aliphatic rings. The molecule has 4 N–H and O–H groups in total. The average molecular weight is 460 g/mol. The molecule has 1 heterocycles. The zero-order valence-corrected chi connectivity index (χ0v) is 19.1. The van der Waals surface area contributed by atoms with E-state index in [0.29, 0.717) is 11.3 Å². The van der Waals surface area contributed by atoms with E-state index in [1.54, 1.807) is 24.3 Å². The number of nitrogens with one attached hydrogen (secondary N) is 1. The SMILES string of the molecule is CC(c1cc(NS(C)(=O)=O)ccc1N1CCCCC1)C(C(N)=O)c1ccc(C(=O)O)cc1. The van der Waals surface area contributed by atoms with Crippen molar-refractivity contribution in [3.05, 3.63) is 59.2 Å². The van der Waals surface area contributed by atoms with E-state index in [-0.39, 0.29) is 11.5 Å². The van der Waals surface area contributed by atoms with Gasteiger partial charge in [0.2, 0.25) is 15.9 Å². The Bertz CT molecular complexity index is 1090. The summed E-state index contributed by atoms with van der Waals surface area (Å²) in [5, 5.41) is 9.16. The van der Waals surface area contributed by atoms with Crippen molar-refractivity contribution in [1.29, 1.82) is 0 Å². The van der Waals surface area contributed by atoms with Crippen molar-refractivity contribution in [2.24, 2.45) is 5.73 Å². The molecule has 0 aliphatic carbocycles. The minimum Gasteiger partial charge on any atom is -0.478 e. The van der Waals surface area contributed by atoms with Gasteiger partial charge in [0.1, 0.15) is 0 Å². The minimum atomic E-state index is -3.47. The summed E-state index contributed by atoms with van der Waals surface area (Å²) >= 11 is 0. The molecule has 0 spiro atoms. The molecule has 0 bridgehead atoms. The first-order valence-electron chi connectivity index (χ1n) is 10.6. The summed E-state index contributed by atoms with van der Waals surface area (Å²) in [6, 6.07) is 11.5. The number of anilines is 2. The molecular weight excluding hydrogens is 430 g/mol. The van der Waals surface area contributed by atoms with Crippen LogP contribution >= 0.6 is 0 Å². The van der Waals surface area contributed by atoms with Gasteiger partial charge in [0.05, 0.1) is 17.7 Å². The smallest absolute Gasteiger partial charge is 0.335 e. The number of nitrogens with zero attached hydrogens (tertiary/aromatic N) is 1. The first-order chi connectivity index (χ1) is 15.1. The van der Waals surface area contributed by atoms with Crippen LogP contribution in [0.3, 0.4) is 0 Å². The minimum absolute atomic E-state index is 0.123. The number of nitrogens with two attached hydrogens (primary N) is 1. The van der Waals surface area contributed by atoms with E-state index in [1.807, 2.05) is 13.0 Å². The van der Waals surface area contributed by atoms with E-state index >= 15 is 0 Å². The Balaban J connectivity index is 2.06. The molecule has 2 aromatic rings. The number of piperidine rings is 1. The summed E-state index contributed by atoms with van der Waals surface area (Å²) < 4.78 is 26.1. The summed E-state index contributed by atoms with van der Waals surface area (Å²) in [5.74, 6) is -2.67. The van der Waals surface area contributed by atoms with Gasteiger partial charge in [0, 0.05) is 24.5 Å². The molecule has 1 amide bonds. The van der Waals surface area contributed by atoms with E-state index in [1.165, 1.54) is 12.1 Å². The molecule has 3 rings (SSSR count). The number of carbonyl (C=O) groups is 2.